The molecular formula is C13H22N2O2. The molecule has 2 aliphatic rings. The normalized spacial score (nSPS) is 28.1. The molecule has 17 heavy (non-hydrogen) atoms. The molecule has 2 amide bonds. The van der Waals surface area contributed by atoms with E-state index in [1.54, 1.807) is 0 Å². The smallest absolute Gasteiger partial charge is 0.230 e. The van der Waals surface area contributed by atoms with Crippen LogP contribution in [0.25, 0.3) is 0 Å². The molecule has 2 N–H and O–H groups in total. The molecule has 4 nitrogen and oxygen atoms in total. The Balaban J connectivity index is 2.26. The predicted molar refractivity (Wildman–Crippen MR) is 65.1 cm³/mol. The largest absolute Gasteiger partial charge is 0.328 e. The molecule has 4 heteroatoms. The van der Waals surface area contributed by atoms with Gasteiger partial charge in [-0.1, -0.05) is 13.8 Å². The molecule has 1 heterocycles. The van der Waals surface area contributed by atoms with Crippen LogP contribution in [0.15, 0.2) is 0 Å². The Morgan fingerprint density at radius 1 is 1.29 bits per heavy atom. The lowest BCUT2D eigenvalue weighted by Crippen LogP contribution is -2.61. The van der Waals surface area contributed by atoms with Crippen molar-refractivity contribution in [3.05, 3.63) is 0 Å². The molecular weight excluding hydrogens is 216 g/mol. The number of rotatable bonds is 3. The SMILES string of the molecule is CC1(C)CC(=O)N(C(C)(CN)C2CC2)C(=O)C1. The first-order chi connectivity index (χ1) is 7.80. The van der Waals surface area contributed by atoms with Gasteiger partial charge in [-0.3, -0.25) is 14.5 Å². The highest BCUT2D eigenvalue weighted by atomic mass is 16.2. The summed E-state index contributed by atoms with van der Waals surface area (Å²) in [5.74, 6) is 0.304. The Labute approximate surface area is 103 Å². The van der Waals surface area contributed by atoms with Crippen LogP contribution in [0.3, 0.4) is 0 Å². The minimum absolute atomic E-state index is 0.0499. The molecule has 0 aromatic heterocycles. The Morgan fingerprint density at radius 2 is 1.76 bits per heavy atom. The molecule has 0 aromatic rings. The summed E-state index contributed by atoms with van der Waals surface area (Å²) in [6.45, 7) is 6.27. The average molecular weight is 238 g/mol. The number of hydrogen-bond acceptors (Lipinski definition) is 3. The second kappa shape index (κ2) is 3.80. The summed E-state index contributed by atoms with van der Waals surface area (Å²) in [6.07, 6.45) is 3.05. The molecule has 0 radical (unpaired) electrons. The van der Waals surface area contributed by atoms with E-state index in [2.05, 4.69) is 0 Å². The van der Waals surface area contributed by atoms with Crippen LogP contribution in [-0.2, 0) is 9.59 Å². The second-order valence-electron chi connectivity index (χ2n) is 6.48. The van der Waals surface area contributed by atoms with Crippen molar-refractivity contribution in [2.24, 2.45) is 17.1 Å². The van der Waals surface area contributed by atoms with Crippen molar-refractivity contribution < 1.29 is 9.59 Å². The highest BCUT2D eigenvalue weighted by Crippen LogP contribution is 2.45. The highest BCUT2D eigenvalue weighted by Gasteiger charge is 2.52. The zero-order valence-electron chi connectivity index (χ0n) is 11.0. The molecule has 1 aliphatic carbocycles. The number of imide groups is 1. The maximum absolute atomic E-state index is 12.2. The molecule has 0 aromatic carbocycles. The van der Waals surface area contributed by atoms with Gasteiger partial charge in [-0.15, -0.1) is 0 Å². The summed E-state index contributed by atoms with van der Waals surface area (Å²) in [6, 6.07) is 0. The fraction of sp³-hybridized carbons (Fsp3) is 0.846. The van der Waals surface area contributed by atoms with Crippen LogP contribution >= 0.6 is 0 Å². The predicted octanol–water partition coefficient (Wildman–Crippen LogP) is 1.29. The van der Waals surface area contributed by atoms with Gasteiger partial charge in [0, 0.05) is 19.4 Å². The summed E-state index contributed by atoms with van der Waals surface area (Å²) in [4.78, 5) is 25.9. The van der Waals surface area contributed by atoms with E-state index in [1.165, 1.54) is 4.90 Å². The molecule has 1 unspecified atom stereocenters. The number of piperidine rings is 1. The molecule has 1 saturated carbocycles. The summed E-state index contributed by atoms with van der Waals surface area (Å²) < 4.78 is 0. The number of carbonyl (C=O) groups excluding carboxylic acids is 2. The number of nitrogens with two attached hydrogens (primary N) is 1. The van der Waals surface area contributed by atoms with Crippen molar-refractivity contribution in [2.45, 2.75) is 52.0 Å². The maximum atomic E-state index is 12.2. The van der Waals surface area contributed by atoms with Gasteiger partial charge in [0.05, 0.1) is 5.54 Å². The third kappa shape index (κ3) is 2.10. The van der Waals surface area contributed by atoms with Gasteiger partial charge in [0.1, 0.15) is 0 Å². The average Bonchev–Trinajstić information content (AvgIpc) is 2.96. The third-order valence-electron chi connectivity index (χ3n) is 4.14. The Kier molecular flexibility index (Phi) is 2.81. The van der Waals surface area contributed by atoms with E-state index in [9.17, 15) is 9.59 Å². The molecule has 2 rings (SSSR count). The molecule has 0 spiro atoms. The van der Waals surface area contributed by atoms with E-state index in [0.717, 1.165) is 12.8 Å². The van der Waals surface area contributed by atoms with Gasteiger partial charge in [0.25, 0.3) is 0 Å². The number of hydrogen-bond donors (Lipinski definition) is 1. The van der Waals surface area contributed by atoms with Crippen LogP contribution in [0.4, 0.5) is 0 Å². The molecule has 2 fully saturated rings. The van der Waals surface area contributed by atoms with E-state index in [1.807, 2.05) is 20.8 Å². The van der Waals surface area contributed by atoms with Gasteiger partial charge in [0.2, 0.25) is 11.8 Å². The maximum Gasteiger partial charge on any atom is 0.230 e. The van der Waals surface area contributed by atoms with E-state index >= 15 is 0 Å². The fourth-order valence-corrected chi connectivity index (χ4v) is 2.89. The zero-order chi connectivity index (χ0) is 12.8. The van der Waals surface area contributed by atoms with Crippen LogP contribution in [0, 0.1) is 11.3 Å². The first kappa shape index (κ1) is 12.6. The van der Waals surface area contributed by atoms with Gasteiger partial charge < -0.3 is 5.73 Å². The number of likely N-dealkylation sites (tertiary alicyclic amines) is 1. The van der Waals surface area contributed by atoms with Gasteiger partial charge in [-0.25, -0.2) is 0 Å². The van der Waals surface area contributed by atoms with Crippen molar-refractivity contribution in [1.82, 2.24) is 4.90 Å². The van der Waals surface area contributed by atoms with Crippen molar-refractivity contribution >= 4 is 11.8 Å². The van der Waals surface area contributed by atoms with Gasteiger partial charge >= 0.3 is 0 Å². The fourth-order valence-electron chi connectivity index (χ4n) is 2.89. The van der Waals surface area contributed by atoms with Gasteiger partial charge in [-0.05, 0) is 31.1 Å². The van der Waals surface area contributed by atoms with Crippen LogP contribution < -0.4 is 5.73 Å². The molecule has 1 atom stereocenters. The summed E-state index contributed by atoms with van der Waals surface area (Å²) in [5, 5.41) is 0. The lowest BCUT2D eigenvalue weighted by atomic mass is 9.79. The van der Waals surface area contributed by atoms with E-state index < -0.39 is 5.54 Å². The summed E-state index contributed by atoms with van der Waals surface area (Å²) in [5.41, 5.74) is 5.17. The quantitative estimate of drug-likeness (QED) is 0.753. The van der Waals surface area contributed by atoms with E-state index in [0.29, 0.717) is 25.3 Å². The van der Waals surface area contributed by atoms with Crippen molar-refractivity contribution in [1.29, 1.82) is 0 Å². The van der Waals surface area contributed by atoms with Crippen LogP contribution in [0.2, 0.25) is 0 Å². The number of nitrogens with zero attached hydrogens (tertiary/aromatic N) is 1. The first-order valence-electron chi connectivity index (χ1n) is 6.36. The Bertz CT molecular complexity index is 340. The van der Waals surface area contributed by atoms with E-state index in [4.69, 9.17) is 5.73 Å². The second-order valence-corrected chi connectivity index (χ2v) is 6.48. The van der Waals surface area contributed by atoms with Crippen LogP contribution in [0.5, 0.6) is 0 Å². The molecule has 0 bridgehead atoms. The van der Waals surface area contributed by atoms with Gasteiger partial charge in [0.15, 0.2) is 0 Å². The van der Waals surface area contributed by atoms with Gasteiger partial charge in [-0.2, -0.15) is 0 Å². The topological polar surface area (TPSA) is 63.4 Å². The monoisotopic (exact) mass is 238 g/mol. The molecule has 1 saturated heterocycles. The van der Waals surface area contributed by atoms with Crippen molar-refractivity contribution in [3.63, 3.8) is 0 Å². The lowest BCUT2D eigenvalue weighted by Gasteiger charge is -2.45. The minimum Gasteiger partial charge on any atom is -0.328 e. The molecule has 96 valence electrons. The summed E-state index contributed by atoms with van der Waals surface area (Å²) >= 11 is 0. The number of amides is 2. The Hall–Kier alpha value is -0.900. The minimum atomic E-state index is -0.454. The van der Waals surface area contributed by atoms with Crippen LogP contribution in [0.1, 0.15) is 46.5 Å². The van der Waals surface area contributed by atoms with Crippen LogP contribution in [-0.4, -0.2) is 28.8 Å². The van der Waals surface area contributed by atoms with Crippen molar-refractivity contribution in [3.8, 4) is 0 Å². The zero-order valence-corrected chi connectivity index (χ0v) is 11.0. The highest BCUT2D eigenvalue weighted by molar-refractivity contribution is 5.99. The lowest BCUT2D eigenvalue weighted by molar-refractivity contribution is -0.160. The van der Waals surface area contributed by atoms with E-state index in [-0.39, 0.29) is 17.2 Å². The first-order valence-corrected chi connectivity index (χ1v) is 6.36. The third-order valence-corrected chi connectivity index (χ3v) is 4.14. The van der Waals surface area contributed by atoms with Crippen molar-refractivity contribution in [2.75, 3.05) is 6.54 Å². The standard InChI is InChI=1S/C13H22N2O2/c1-12(2)6-10(16)15(11(17)7-12)13(3,8-14)9-4-5-9/h9H,4-8,14H2,1-3H3. The molecule has 1 aliphatic heterocycles. The number of carbonyl (C=O) groups is 2. The Morgan fingerprint density at radius 3 is 2.12 bits per heavy atom. The summed E-state index contributed by atoms with van der Waals surface area (Å²) in [7, 11) is 0.